The molecule has 82 valence electrons. The van der Waals surface area contributed by atoms with E-state index in [1.165, 1.54) is 0 Å². The molecule has 0 saturated heterocycles. The van der Waals surface area contributed by atoms with Crippen molar-refractivity contribution in [1.29, 1.82) is 0 Å². The van der Waals surface area contributed by atoms with E-state index < -0.39 is 0 Å². The number of fused-ring (bicyclic) bond motifs is 1. The van der Waals surface area contributed by atoms with Gasteiger partial charge in [0.1, 0.15) is 6.61 Å². The Labute approximate surface area is 94.6 Å². The molecule has 2 rings (SSSR count). The summed E-state index contributed by atoms with van der Waals surface area (Å²) in [5, 5.41) is 2.09. The molecule has 0 fully saturated rings. The van der Waals surface area contributed by atoms with E-state index in [4.69, 9.17) is 10.5 Å². The van der Waals surface area contributed by atoms with Gasteiger partial charge in [0.2, 0.25) is 5.88 Å². The summed E-state index contributed by atoms with van der Waals surface area (Å²) in [7, 11) is 0. The van der Waals surface area contributed by atoms with Gasteiger partial charge in [0.05, 0.1) is 0 Å². The number of aromatic nitrogens is 1. The highest BCUT2D eigenvalue weighted by molar-refractivity contribution is 5.89. The fraction of sp³-hybridized carbons (Fsp3) is 0.154. The Hall–Kier alpha value is -1.87. The maximum absolute atomic E-state index is 5.67. The number of ether oxygens (including phenoxy) is 1. The molecule has 0 bridgehead atoms. The predicted molar refractivity (Wildman–Crippen MR) is 65.3 cm³/mol. The minimum absolute atomic E-state index is 0.457. The second kappa shape index (κ2) is 4.77. The van der Waals surface area contributed by atoms with Gasteiger partial charge in [-0.3, -0.25) is 0 Å². The lowest BCUT2D eigenvalue weighted by atomic mass is 10.1. The van der Waals surface area contributed by atoms with Crippen molar-refractivity contribution in [2.45, 2.75) is 6.54 Å². The topological polar surface area (TPSA) is 48.1 Å². The van der Waals surface area contributed by atoms with Crippen molar-refractivity contribution in [3.05, 3.63) is 48.7 Å². The number of hydrogen-bond donors (Lipinski definition) is 1. The highest BCUT2D eigenvalue weighted by Gasteiger charge is 2.06. The molecular formula is C13H14N2O. The summed E-state index contributed by atoms with van der Waals surface area (Å²) in [5.41, 5.74) is 6.70. The Morgan fingerprint density at radius 1 is 1.31 bits per heavy atom. The van der Waals surface area contributed by atoms with Gasteiger partial charge in [-0.15, -0.1) is 0 Å². The van der Waals surface area contributed by atoms with Gasteiger partial charge in [0, 0.05) is 18.1 Å². The first-order chi connectivity index (χ1) is 7.86. The zero-order valence-electron chi connectivity index (χ0n) is 9.02. The zero-order valence-corrected chi connectivity index (χ0v) is 9.02. The average Bonchev–Trinajstić information content (AvgIpc) is 2.36. The van der Waals surface area contributed by atoms with Gasteiger partial charge in [-0.2, -0.15) is 0 Å². The Morgan fingerprint density at radius 3 is 2.75 bits per heavy atom. The molecule has 1 aromatic heterocycles. The summed E-state index contributed by atoms with van der Waals surface area (Å²) in [5.74, 6) is 0.632. The molecule has 2 N–H and O–H groups in total. The van der Waals surface area contributed by atoms with Gasteiger partial charge < -0.3 is 10.5 Å². The molecule has 0 radical (unpaired) electrons. The van der Waals surface area contributed by atoms with Crippen LogP contribution in [0, 0.1) is 0 Å². The van der Waals surface area contributed by atoms with Crippen molar-refractivity contribution in [3.63, 3.8) is 0 Å². The maximum atomic E-state index is 5.67. The summed E-state index contributed by atoms with van der Waals surface area (Å²) in [6, 6.07) is 7.96. The third-order valence-corrected chi connectivity index (χ3v) is 2.40. The molecule has 0 spiro atoms. The Kier molecular flexibility index (Phi) is 3.17. The van der Waals surface area contributed by atoms with Gasteiger partial charge in [-0.25, -0.2) is 4.98 Å². The van der Waals surface area contributed by atoms with Crippen LogP contribution in [-0.2, 0) is 6.54 Å². The third kappa shape index (κ3) is 1.90. The predicted octanol–water partition coefficient (Wildman–Crippen LogP) is 2.26. The molecule has 16 heavy (non-hydrogen) atoms. The van der Waals surface area contributed by atoms with Crippen molar-refractivity contribution >= 4 is 10.8 Å². The maximum Gasteiger partial charge on any atom is 0.221 e. The Bertz CT molecular complexity index is 508. The molecule has 1 heterocycles. The average molecular weight is 214 g/mol. The lowest BCUT2D eigenvalue weighted by Crippen LogP contribution is -2.01. The summed E-state index contributed by atoms with van der Waals surface area (Å²) < 4.78 is 5.50. The fourth-order valence-electron chi connectivity index (χ4n) is 1.64. The van der Waals surface area contributed by atoms with Gasteiger partial charge in [0.25, 0.3) is 0 Å². The van der Waals surface area contributed by atoms with E-state index in [0.29, 0.717) is 19.0 Å². The van der Waals surface area contributed by atoms with Crippen LogP contribution in [0.1, 0.15) is 5.56 Å². The molecule has 0 aliphatic heterocycles. The highest BCUT2D eigenvalue weighted by Crippen LogP contribution is 2.25. The second-order valence-electron chi connectivity index (χ2n) is 3.44. The van der Waals surface area contributed by atoms with Crippen LogP contribution in [0.4, 0.5) is 0 Å². The van der Waals surface area contributed by atoms with E-state index >= 15 is 0 Å². The molecule has 3 heteroatoms. The minimum Gasteiger partial charge on any atom is -0.473 e. The standard InChI is InChI=1S/C13H14N2O/c1-2-7-16-13-12-6-4-3-5-11(12)10(8-14)9-15-13/h2-6,9H,1,7-8,14H2. The first-order valence-corrected chi connectivity index (χ1v) is 5.17. The molecular weight excluding hydrogens is 200 g/mol. The summed E-state index contributed by atoms with van der Waals surface area (Å²) in [6.45, 7) is 4.56. The van der Waals surface area contributed by atoms with Crippen LogP contribution >= 0.6 is 0 Å². The molecule has 0 amide bonds. The molecule has 0 atom stereocenters. The van der Waals surface area contributed by atoms with Crippen molar-refractivity contribution in [2.75, 3.05) is 6.61 Å². The van der Waals surface area contributed by atoms with E-state index in [0.717, 1.165) is 16.3 Å². The lowest BCUT2D eigenvalue weighted by molar-refractivity contribution is 0.353. The van der Waals surface area contributed by atoms with Gasteiger partial charge in [-0.05, 0) is 17.0 Å². The quantitative estimate of drug-likeness (QED) is 0.794. The molecule has 3 nitrogen and oxygen atoms in total. The SMILES string of the molecule is C=CCOc1ncc(CN)c2ccccc12. The van der Waals surface area contributed by atoms with Crippen LogP contribution in [0.15, 0.2) is 43.1 Å². The molecule has 0 aliphatic carbocycles. The first kappa shape index (κ1) is 10.6. The molecule has 0 saturated carbocycles. The Morgan fingerprint density at radius 2 is 2.06 bits per heavy atom. The monoisotopic (exact) mass is 214 g/mol. The Balaban J connectivity index is 2.55. The number of nitrogens with zero attached hydrogens (tertiary/aromatic N) is 1. The number of rotatable bonds is 4. The molecule has 1 aromatic carbocycles. The number of pyridine rings is 1. The minimum atomic E-state index is 0.457. The number of benzene rings is 1. The smallest absolute Gasteiger partial charge is 0.221 e. The third-order valence-electron chi connectivity index (χ3n) is 2.40. The van der Waals surface area contributed by atoms with Crippen molar-refractivity contribution in [2.24, 2.45) is 5.73 Å². The van der Waals surface area contributed by atoms with Crippen LogP contribution in [0.3, 0.4) is 0 Å². The summed E-state index contributed by atoms with van der Waals surface area (Å²) >= 11 is 0. The van der Waals surface area contributed by atoms with Gasteiger partial charge >= 0.3 is 0 Å². The highest BCUT2D eigenvalue weighted by atomic mass is 16.5. The van der Waals surface area contributed by atoms with E-state index in [1.807, 2.05) is 24.3 Å². The second-order valence-corrected chi connectivity index (χ2v) is 3.44. The zero-order chi connectivity index (χ0) is 11.4. The summed E-state index contributed by atoms with van der Waals surface area (Å²) in [6.07, 6.45) is 3.47. The molecule has 0 unspecified atom stereocenters. The molecule has 2 aromatic rings. The van der Waals surface area contributed by atoms with E-state index in [2.05, 4.69) is 11.6 Å². The van der Waals surface area contributed by atoms with Gasteiger partial charge in [0.15, 0.2) is 0 Å². The first-order valence-electron chi connectivity index (χ1n) is 5.17. The van der Waals surface area contributed by atoms with Crippen molar-refractivity contribution in [3.8, 4) is 5.88 Å². The van der Waals surface area contributed by atoms with Crippen molar-refractivity contribution < 1.29 is 4.74 Å². The summed E-state index contributed by atoms with van der Waals surface area (Å²) in [4.78, 5) is 4.27. The fourth-order valence-corrected chi connectivity index (χ4v) is 1.64. The lowest BCUT2D eigenvalue weighted by Gasteiger charge is -2.09. The number of hydrogen-bond acceptors (Lipinski definition) is 3. The molecule has 0 aliphatic rings. The van der Waals surface area contributed by atoms with Crippen molar-refractivity contribution in [1.82, 2.24) is 4.98 Å². The van der Waals surface area contributed by atoms with Crippen LogP contribution in [0.5, 0.6) is 5.88 Å². The van der Waals surface area contributed by atoms with Crippen LogP contribution in [-0.4, -0.2) is 11.6 Å². The van der Waals surface area contributed by atoms with E-state index in [-0.39, 0.29) is 0 Å². The van der Waals surface area contributed by atoms with Crippen LogP contribution < -0.4 is 10.5 Å². The van der Waals surface area contributed by atoms with Crippen LogP contribution in [0.25, 0.3) is 10.8 Å². The van der Waals surface area contributed by atoms with Crippen LogP contribution in [0.2, 0.25) is 0 Å². The largest absolute Gasteiger partial charge is 0.473 e. The normalized spacial score (nSPS) is 10.3. The van der Waals surface area contributed by atoms with E-state index in [1.54, 1.807) is 12.3 Å². The van der Waals surface area contributed by atoms with E-state index in [9.17, 15) is 0 Å². The number of nitrogens with two attached hydrogens (primary N) is 1. The van der Waals surface area contributed by atoms with Gasteiger partial charge in [-0.1, -0.05) is 30.9 Å².